The first-order valence-corrected chi connectivity index (χ1v) is 6.42. The van der Waals surface area contributed by atoms with E-state index in [-0.39, 0.29) is 22.6 Å². The summed E-state index contributed by atoms with van der Waals surface area (Å²) in [4.78, 5) is 22.8. The summed E-state index contributed by atoms with van der Waals surface area (Å²) in [6.45, 7) is 1.74. The van der Waals surface area contributed by atoms with Gasteiger partial charge >= 0.3 is 0 Å². The van der Waals surface area contributed by atoms with E-state index in [1.165, 1.54) is 31.4 Å². The molecule has 0 saturated carbocycles. The summed E-state index contributed by atoms with van der Waals surface area (Å²) in [6.07, 6.45) is 0. The molecular weight excluding hydrogens is 286 g/mol. The van der Waals surface area contributed by atoms with Crippen molar-refractivity contribution in [3.63, 3.8) is 0 Å². The highest BCUT2D eigenvalue weighted by molar-refractivity contribution is 6.08. The lowest BCUT2D eigenvalue weighted by atomic mass is 10.1. The van der Waals surface area contributed by atoms with Crippen LogP contribution in [-0.2, 0) is 0 Å². The molecule has 2 aromatic rings. The van der Waals surface area contributed by atoms with Crippen LogP contribution in [0.2, 0.25) is 0 Å². The second-order valence-corrected chi connectivity index (χ2v) is 4.69. The molecule has 0 aromatic heterocycles. The number of carbonyl (C=O) groups is 1. The van der Waals surface area contributed by atoms with Gasteiger partial charge in [0.25, 0.3) is 11.6 Å². The van der Waals surface area contributed by atoms with Crippen molar-refractivity contribution in [3.8, 4) is 5.75 Å². The molecule has 0 spiro atoms. The lowest BCUT2D eigenvalue weighted by Crippen LogP contribution is -2.15. The fourth-order valence-electron chi connectivity index (χ4n) is 1.96. The number of hydrogen-bond donors (Lipinski definition) is 2. The third-order valence-corrected chi connectivity index (χ3v) is 3.10. The molecule has 0 radical (unpaired) electrons. The van der Waals surface area contributed by atoms with Crippen LogP contribution in [0.3, 0.4) is 0 Å². The number of nitro benzene ring substituents is 1. The van der Waals surface area contributed by atoms with Gasteiger partial charge in [-0.15, -0.1) is 0 Å². The number of anilines is 2. The Morgan fingerprint density at radius 2 is 2.00 bits per heavy atom. The second kappa shape index (κ2) is 6.13. The van der Waals surface area contributed by atoms with Crippen LogP contribution in [0.15, 0.2) is 36.4 Å². The summed E-state index contributed by atoms with van der Waals surface area (Å²) in [7, 11) is 1.49. The highest BCUT2D eigenvalue weighted by Gasteiger charge is 2.18. The smallest absolute Gasteiger partial charge is 0.293 e. The first kappa shape index (κ1) is 15.3. The second-order valence-electron chi connectivity index (χ2n) is 4.69. The van der Waals surface area contributed by atoms with Crippen LogP contribution in [-0.4, -0.2) is 17.9 Å². The van der Waals surface area contributed by atoms with Gasteiger partial charge in [0, 0.05) is 17.8 Å². The van der Waals surface area contributed by atoms with Gasteiger partial charge in [-0.05, 0) is 30.7 Å². The number of nitro groups is 1. The first-order chi connectivity index (χ1) is 10.4. The van der Waals surface area contributed by atoms with Gasteiger partial charge in [0.1, 0.15) is 11.4 Å². The maximum atomic E-state index is 12.2. The molecule has 1 amide bonds. The molecule has 7 nitrogen and oxygen atoms in total. The van der Waals surface area contributed by atoms with E-state index in [4.69, 9.17) is 10.5 Å². The number of amides is 1. The summed E-state index contributed by atoms with van der Waals surface area (Å²) >= 11 is 0. The molecule has 0 aliphatic rings. The molecule has 0 atom stereocenters. The van der Waals surface area contributed by atoms with Crippen molar-refractivity contribution in [2.75, 3.05) is 18.2 Å². The first-order valence-electron chi connectivity index (χ1n) is 6.42. The van der Waals surface area contributed by atoms with Gasteiger partial charge in [0.05, 0.1) is 17.6 Å². The minimum Gasteiger partial charge on any atom is -0.497 e. The molecule has 114 valence electrons. The number of rotatable bonds is 4. The van der Waals surface area contributed by atoms with E-state index in [1.807, 2.05) is 0 Å². The average molecular weight is 301 g/mol. The molecule has 0 saturated heterocycles. The molecular formula is C15H15N3O4. The Hall–Kier alpha value is -3.09. The number of aryl methyl sites for hydroxylation is 1. The lowest BCUT2D eigenvalue weighted by molar-refractivity contribution is -0.384. The quantitative estimate of drug-likeness (QED) is 0.513. The van der Waals surface area contributed by atoms with Crippen LogP contribution < -0.4 is 15.8 Å². The number of carbonyl (C=O) groups excluding carboxylic acids is 1. The van der Waals surface area contributed by atoms with Gasteiger partial charge in [-0.3, -0.25) is 14.9 Å². The molecule has 0 fully saturated rings. The van der Waals surface area contributed by atoms with Crippen LogP contribution >= 0.6 is 0 Å². The van der Waals surface area contributed by atoms with Crippen LogP contribution in [0.4, 0.5) is 17.1 Å². The monoisotopic (exact) mass is 301 g/mol. The Bertz CT molecular complexity index is 744. The van der Waals surface area contributed by atoms with Crippen molar-refractivity contribution < 1.29 is 14.5 Å². The molecule has 0 unspecified atom stereocenters. The SMILES string of the molecule is COc1ccc(C(=O)Nc2ccc(C)cc2[N+](=O)[O-])c(N)c1. The number of nitrogens with zero attached hydrogens (tertiary/aromatic N) is 1. The number of benzene rings is 2. The minimum absolute atomic E-state index is 0.121. The van der Waals surface area contributed by atoms with E-state index in [2.05, 4.69) is 5.32 Å². The number of nitrogen functional groups attached to an aromatic ring is 1. The Morgan fingerprint density at radius 3 is 2.59 bits per heavy atom. The van der Waals surface area contributed by atoms with E-state index in [9.17, 15) is 14.9 Å². The Labute approximate surface area is 126 Å². The summed E-state index contributed by atoms with van der Waals surface area (Å²) < 4.78 is 5.01. The predicted octanol–water partition coefficient (Wildman–Crippen LogP) is 2.75. The molecule has 0 aliphatic heterocycles. The maximum Gasteiger partial charge on any atom is 0.293 e. The zero-order valence-electron chi connectivity index (χ0n) is 12.1. The molecule has 2 aromatic carbocycles. The van der Waals surface area contributed by atoms with Crippen LogP contribution in [0.1, 0.15) is 15.9 Å². The molecule has 3 N–H and O–H groups in total. The molecule has 22 heavy (non-hydrogen) atoms. The van der Waals surface area contributed by atoms with Crippen molar-refractivity contribution in [2.45, 2.75) is 6.92 Å². The highest BCUT2D eigenvalue weighted by Crippen LogP contribution is 2.27. The van der Waals surface area contributed by atoms with Crippen molar-refractivity contribution in [2.24, 2.45) is 0 Å². The van der Waals surface area contributed by atoms with Crippen LogP contribution in [0, 0.1) is 17.0 Å². The van der Waals surface area contributed by atoms with Crippen LogP contribution in [0.5, 0.6) is 5.75 Å². The van der Waals surface area contributed by atoms with Gasteiger partial charge in [-0.25, -0.2) is 0 Å². The van der Waals surface area contributed by atoms with Gasteiger partial charge in [-0.2, -0.15) is 0 Å². The zero-order chi connectivity index (χ0) is 16.3. The van der Waals surface area contributed by atoms with E-state index in [0.717, 1.165) is 5.56 Å². The third kappa shape index (κ3) is 3.14. The summed E-state index contributed by atoms with van der Waals surface area (Å²) in [5.74, 6) is 0.00229. The largest absolute Gasteiger partial charge is 0.497 e. The van der Waals surface area contributed by atoms with Crippen molar-refractivity contribution >= 4 is 23.0 Å². The van der Waals surface area contributed by atoms with E-state index in [1.54, 1.807) is 19.1 Å². The molecule has 0 aliphatic carbocycles. The summed E-state index contributed by atoms with van der Waals surface area (Å²) in [5, 5.41) is 13.6. The molecule has 0 heterocycles. The van der Waals surface area contributed by atoms with Crippen LogP contribution in [0.25, 0.3) is 0 Å². The number of ether oxygens (including phenoxy) is 1. The maximum absolute atomic E-state index is 12.2. The van der Waals surface area contributed by atoms with Gasteiger partial charge < -0.3 is 15.8 Å². The van der Waals surface area contributed by atoms with E-state index < -0.39 is 10.8 Å². The lowest BCUT2D eigenvalue weighted by Gasteiger charge is -2.09. The average Bonchev–Trinajstić information content (AvgIpc) is 2.48. The van der Waals surface area contributed by atoms with Gasteiger partial charge in [0.15, 0.2) is 0 Å². The zero-order valence-corrected chi connectivity index (χ0v) is 12.1. The fraction of sp³-hybridized carbons (Fsp3) is 0.133. The molecule has 7 heteroatoms. The Morgan fingerprint density at radius 1 is 1.27 bits per heavy atom. The van der Waals surface area contributed by atoms with Gasteiger partial charge in [-0.1, -0.05) is 6.07 Å². The topological polar surface area (TPSA) is 107 Å². The fourth-order valence-corrected chi connectivity index (χ4v) is 1.96. The molecule has 0 bridgehead atoms. The number of methoxy groups -OCH3 is 1. The Balaban J connectivity index is 2.31. The minimum atomic E-state index is -0.542. The standard InChI is InChI=1S/C15H15N3O4/c1-9-3-6-13(14(7-9)18(20)21)17-15(19)11-5-4-10(22-2)8-12(11)16/h3-8H,16H2,1-2H3,(H,17,19). The summed E-state index contributed by atoms with van der Waals surface area (Å²) in [5.41, 5.74) is 6.93. The van der Waals surface area contributed by atoms with Crippen molar-refractivity contribution in [3.05, 3.63) is 57.6 Å². The van der Waals surface area contributed by atoms with E-state index in [0.29, 0.717) is 5.75 Å². The summed E-state index contributed by atoms with van der Waals surface area (Å²) in [6, 6.07) is 9.18. The highest BCUT2D eigenvalue weighted by atomic mass is 16.6. The number of hydrogen-bond acceptors (Lipinski definition) is 5. The normalized spacial score (nSPS) is 10.1. The van der Waals surface area contributed by atoms with Crippen molar-refractivity contribution in [1.29, 1.82) is 0 Å². The predicted molar refractivity (Wildman–Crippen MR) is 83.2 cm³/mol. The number of nitrogens with two attached hydrogens (primary N) is 1. The third-order valence-electron chi connectivity index (χ3n) is 3.10. The Kier molecular flexibility index (Phi) is 4.26. The van der Waals surface area contributed by atoms with Gasteiger partial charge in [0.2, 0.25) is 0 Å². The van der Waals surface area contributed by atoms with E-state index >= 15 is 0 Å². The molecule has 2 rings (SSSR count). The number of nitrogens with one attached hydrogen (secondary N) is 1. The van der Waals surface area contributed by atoms with Crippen molar-refractivity contribution in [1.82, 2.24) is 0 Å².